The molecule has 0 bridgehead atoms. The normalized spacial score (nSPS) is 13.9. The van der Waals surface area contributed by atoms with Crippen LogP contribution in [0, 0.1) is 0 Å². The van der Waals surface area contributed by atoms with Crippen molar-refractivity contribution in [3.05, 3.63) is 81.1 Å². The highest BCUT2D eigenvalue weighted by molar-refractivity contribution is 6.32. The smallest absolute Gasteiger partial charge is 0.256 e. The van der Waals surface area contributed by atoms with E-state index in [1.807, 2.05) is 30.3 Å². The van der Waals surface area contributed by atoms with Crippen LogP contribution in [-0.2, 0) is 19.5 Å². The van der Waals surface area contributed by atoms with E-state index in [2.05, 4.69) is 14.9 Å². The van der Waals surface area contributed by atoms with Gasteiger partial charge in [-0.25, -0.2) is 4.98 Å². The summed E-state index contributed by atoms with van der Waals surface area (Å²) in [6, 6.07) is 13.0. The van der Waals surface area contributed by atoms with Gasteiger partial charge in [0.2, 0.25) is 0 Å². The largest absolute Gasteiger partial charge is 0.495 e. The van der Waals surface area contributed by atoms with E-state index in [9.17, 15) is 4.79 Å². The van der Waals surface area contributed by atoms with Gasteiger partial charge in [-0.05, 0) is 42.5 Å². The van der Waals surface area contributed by atoms with Gasteiger partial charge in [-0.15, -0.1) is 0 Å². The molecule has 158 valence electrons. The quantitative estimate of drug-likeness (QED) is 0.494. The van der Waals surface area contributed by atoms with Crippen molar-refractivity contribution in [2.45, 2.75) is 19.5 Å². The molecule has 7 nitrogen and oxygen atoms in total. The first kappa shape index (κ1) is 19.7. The highest BCUT2D eigenvalue weighted by Crippen LogP contribution is 2.31. The molecule has 0 saturated heterocycles. The zero-order chi connectivity index (χ0) is 21.4. The molecule has 0 fully saturated rings. The van der Waals surface area contributed by atoms with E-state index in [0.29, 0.717) is 47.4 Å². The van der Waals surface area contributed by atoms with E-state index >= 15 is 0 Å². The molecule has 4 aromatic rings. The van der Waals surface area contributed by atoms with Gasteiger partial charge < -0.3 is 18.6 Å². The number of halogens is 1. The first-order chi connectivity index (χ1) is 15.1. The number of nitrogens with zero attached hydrogens (tertiary/aromatic N) is 2. The number of H-pyrrole nitrogens is 1. The van der Waals surface area contributed by atoms with Crippen LogP contribution in [0.5, 0.6) is 5.75 Å². The minimum atomic E-state index is -0.130. The summed E-state index contributed by atoms with van der Waals surface area (Å²) in [5.41, 5.74) is 2.26. The Morgan fingerprint density at radius 3 is 2.90 bits per heavy atom. The Morgan fingerprint density at radius 1 is 1.23 bits per heavy atom. The van der Waals surface area contributed by atoms with Crippen LogP contribution in [0.1, 0.15) is 17.0 Å². The molecule has 0 unspecified atom stereocenters. The molecule has 1 N–H and O–H groups in total. The molecular weight excluding hydrogens is 418 g/mol. The Morgan fingerprint density at radius 2 is 2.13 bits per heavy atom. The molecule has 1 aliphatic rings. The van der Waals surface area contributed by atoms with E-state index in [4.69, 9.17) is 25.2 Å². The molecule has 0 spiro atoms. The molecule has 0 aliphatic carbocycles. The van der Waals surface area contributed by atoms with Gasteiger partial charge in [-0.3, -0.25) is 9.69 Å². The molecule has 1 aliphatic heterocycles. The molecule has 5 rings (SSSR count). The van der Waals surface area contributed by atoms with E-state index in [0.717, 1.165) is 29.3 Å². The second-order valence-corrected chi connectivity index (χ2v) is 7.80. The van der Waals surface area contributed by atoms with E-state index < -0.39 is 0 Å². The van der Waals surface area contributed by atoms with Crippen LogP contribution in [0.3, 0.4) is 0 Å². The summed E-state index contributed by atoms with van der Waals surface area (Å²) in [6.45, 7) is 1.90. The van der Waals surface area contributed by atoms with Crippen molar-refractivity contribution in [2.75, 3.05) is 13.7 Å². The van der Waals surface area contributed by atoms with Gasteiger partial charge in [-0.1, -0.05) is 11.6 Å². The molecule has 8 heteroatoms. The van der Waals surface area contributed by atoms with Gasteiger partial charge in [0.1, 0.15) is 17.3 Å². The van der Waals surface area contributed by atoms with Gasteiger partial charge in [0.15, 0.2) is 11.6 Å². The molecule has 0 saturated carbocycles. The zero-order valence-electron chi connectivity index (χ0n) is 16.9. The number of rotatable bonds is 5. The second kappa shape index (κ2) is 8.09. The number of benzene rings is 1. The number of nitrogens with one attached hydrogen (secondary N) is 1. The Balaban J connectivity index is 1.32. The minimum absolute atomic E-state index is 0.130. The molecule has 31 heavy (non-hydrogen) atoms. The lowest BCUT2D eigenvalue weighted by Crippen LogP contribution is -2.35. The van der Waals surface area contributed by atoms with Crippen LogP contribution in [0.15, 0.2) is 62.4 Å². The molecular formula is C23H20ClN3O4. The number of ether oxygens (including phenoxy) is 1. The Labute approximate surface area is 183 Å². The molecule has 0 radical (unpaired) electrons. The van der Waals surface area contributed by atoms with E-state index in [-0.39, 0.29) is 5.56 Å². The minimum Gasteiger partial charge on any atom is -0.495 e. The van der Waals surface area contributed by atoms with Crippen LogP contribution >= 0.6 is 11.6 Å². The van der Waals surface area contributed by atoms with Crippen molar-refractivity contribution >= 4 is 11.6 Å². The number of furan rings is 2. The van der Waals surface area contributed by atoms with E-state index in [1.165, 1.54) is 0 Å². The third-order valence-electron chi connectivity index (χ3n) is 5.38. The fourth-order valence-electron chi connectivity index (χ4n) is 3.80. The third-order valence-corrected chi connectivity index (χ3v) is 5.68. The highest BCUT2D eigenvalue weighted by Gasteiger charge is 2.23. The van der Waals surface area contributed by atoms with Gasteiger partial charge >= 0.3 is 0 Å². The highest BCUT2D eigenvalue weighted by atomic mass is 35.5. The zero-order valence-corrected chi connectivity index (χ0v) is 17.6. The van der Waals surface area contributed by atoms with Crippen molar-refractivity contribution in [3.8, 4) is 28.7 Å². The third kappa shape index (κ3) is 3.89. The van der Waals surface area contributed by atoms with Crippen LogP contribution < -0.4 is 10.3 Å². The van der Waals surface area contributed by atoms with Crippen molar-refractivity contribution < 1.29 is 13.6 Å². The van der Waals surface area contributed by atoms with Crippen molar-refractivity contribution in [1.82, 2.24) is 14.9 Å². The second-order valence-electron chi connectivity index (χ2n) is 7.39. The maximum atomic E-state index is 12.6. The molecule has 4 heterocycles. The molecule has 3 aromatic heterocycles. The Bertz CT molecular complexity index is 1280. The lowest BCUT2D eigenvalue weighted by Gasteiger charge is -2.26. The average molecular weight is 438 g/mol. The lowest BCUT2D eigenvalue weighted by molar-refractivity contribution is 0.223. The number of fused-ring (bicyclic) bond motifs is 1. The Hall–Kier alpha value is -3.29. The number of methoxy groups -OCH3 is 1. The number of hydrogen-bond donors (Lipinski definition) is 1. The van der Waals surface area contributed by atoms with Crippen molar-refractivity contribution in [2.24, 2.45) is 0 Å². The molecule has 1 aromatic carbocycles. The number of aromatic nitrogens is 2. The van der Waals surface area contributed by atoms with Crippen LogP contribution in [0.2, 0.25) is 5.02 Å². The predicted octanol–water partition coefficient (Wildman–Crippen LogP) is 4.51. The fourth-order valence-corrected chi connectivity index (χ4v) is 4.06. The first-order valence-corrected chi connectivity index (χ1v) is 10.3. The van der Waals surface area contributed by atoms with Gasteiger partial charge in [0.05, 0.1) is 36.2 Å². The summed E-state index contributed by atoms with van der Waals surface area (Å²) < 4.78 is 16.6. The topological polar surface area (TPSA) is 84.5 Å². The summed E-state index contributed by atoms with van der Waals surface area (Å²) >= 11 is 6.23. The average Bonchev–Trinajstić information content (AvgIpc) is 3.46. The summed E-state index contributed by atoms with van der Waals surface area (Å²) in [6.07, 6.45) is 2.25. The summed E-state index contributed by atoms with van der Waals surface area (Å²) in [5.74, 6) is 3.21. The monoisotopic (exact) mass is 437 g/mol. The summed E-state index contributed by atoms with van der Waals surface area (Å²) in [4.78, 5) is 22.2. The van der Waals surface area contributed by atoms with Gasteiger partial charge in [-0.2, -0.15) is 0 Å². The fraction of sp³-hybridized carbons (Fsp3) is 0.217. The van der Waals surface area contributed by atoms with Gasteiger partial charge in [0, 0.05) is 25.1 Å². The number of aromatic amines is 1. The predicted molar refractivity (Wildman–Crippen MR) is 116 cm³/mol. The maximum absolute atomic E-state index is 12.6. The summed E-state index contributed by atoms with van der Waals surface area (Å²) in [7, 11) is 1.58. The summed E-state index contributed by atoms with van der Waals surface area (Å²) in [5, 5.41) is 0.534. The van der Waals surface area contributed by atoms with Crippen LogP contribution in [0.4, 0.5) is 0 Å². The molecule has 0 amide bonds. The van der Waals surface area contributed by atoms with E-state index in [1.54, 1.807) is 25.5 Å². The lowest BCUT2D eigenvalue weighted by atomic mass is 10.1. The van der Waals surface area contributed by atoms with Crippen molar-refractivity contribution in [3.63, 3.8) is 0 Å². The van der Waals surface area contributed by atoms with Crippen molar-refractivity contribution in [1.29, 1.82) is 0 Å². The van der Waals surface area contributed by atoms with Crippen LogP contribution in [-0.4, -0.2) is 28.5 Å². The molecule has 0 atom stereocenters. The first-order valence-electron chi connectivity index (χ1n) is 9.91. The van der Waals surface area contributed by atoms with Crippen LogP contribution in [0.25, 0.3) is 22.9 Å². The Kier molecular flexibility index (Phi) is 5.13. The van der Waals surface area contributed by atoms with Gasteiger partial charge in [0.25, 0.3) is 5.56 Å². The number of hydrogen-bond acceptors (Lipinski definition) is 6. The maximum Gasteiger partial charge on any atom is 0.256 e. The standard InChI is InChI=1S/C23H20ClN3O4/c1-29-20-6-4-14(11-17(20)24)19-7-5-15(31-19)12-27-9-8-18-16(13-27)23(28)26-22(25-18)21-3-2-10-30-21/h2-7,10-11H,8-9,12-13H2,1H3,(H,25,26,28). The SMILES string of the molecule is COc1ccc(-c2ccc(CN3CCc4nc(-c5ccco5)[nH]c(=O)c4C3)o2)cc1Cl.